The van der Waals surface area contributed by atoms with Gasteiger partial charge in [-0.3, -0.25) is 4.21 Å². The molecule has 4 nitrogen and oxygen atoms in total. The molecule has 5 heteroatoms. The summed E-state index contributed by atoms with van der Waals surface area (Å²) in [6.45, 7) is 3.28. The van der Waals surface area contributed by atoms with Crippen LogP contribution in [0.25, 0.3) is 0 Å². The Morgan fingerprint density at radius 3 is 3.00 bits per heavy atom. The average Bonchev–Trinajstić information content (AvgIpc) is 2.42. The van der Waals surface area contributed by atoms with Crippen molar-refractivity contribution >= 4 is 16.5 Å². The second-order valence-corrected chi connectivity index (χ2v) is 6.10. The lowest BCUT2D eigenvalue weighted by Crippen LogP contribution is -2.25. The topological polar surface area (TPSA) is 61.5 Å². The Kier molecular flexibility index (Phi) is 5.22. The summed E-state index contributed by atoms with van der Waals surface area (Å²) in [5, 5.41) is 0. The molecule has 2 atom stereocenters. The van der Waals surface area contributed by atoms with E-state index in [0.717, 1.165) is 25.9 Å². The van der Waals surface area contributed by atoms with Crippen LogP contribution < -0.4 is 10.5 Å². The summed E-state index contributed by atoms with van der Waals surface area (Å²) in [6, 6.07) is 5.33. The van der Waals surface area contributed by atoms with E-state index in [1.807, 2.05) is 6.92 Å². The van der Waals surface area contributed by atoms with Crippen molar-refractivity contribution in [2.75, 3.05) is 24.7 Å². The third-order valence-electron chi connectivity index (χ3n) is 3.15. The fourth-order valence-corrected chi connectivity index (χ4v) is 3.52. The molecule has 0 spiro atoms. The molecule has 2 unspecified atom stereocenters. The van der Waals surface area contributed by atoms with Crippen molar-refractivity contribution in [2.45, 2.75) is 37.2 Å². The highest BCUT2D eigenvalue weighted by atomic mass is 32.2. The van der Waals surface area contributed by atoms with Crippen molar-refractivity contribution in [1.82, 2.24) is 0 Å². The summed E-state index contributed by atoms with van der Waals surface area (Å²) in [6.07, 6.45) is 3.32. The van der Waals surface area contributed by atoms with Gasteiger partial charge in [0.15, 0.2) is 0 Å². The van der Waals surface area contributed by atoms with Crippen LogP contribution in [0.5, 0.6) is 5.75 Å². The van der Waals surface area contributed by atoms with Gasteiger partial charge in [0.25, 0.3) is 0 Å². The molecule has 1 aromatic rings. The van der Waals surface area contributed by atoms with Crippen LogP contribution in [0.2, 0.25) is 0 Å². The first-order chi connectivity index (χ1) is 9.20. The van der Waals surface area contributed by atoms with Crippen LogP contribution in [-0.4, -0.2) is 29.3 Å². The summed E-state index contributed by atoms with van der Waals surface area (Å²) in [5.74, 6) is 1.23. The molecule has 0 radical (unpaired) electrons. The maximum atomic E-state index is 12.4. The summed E-state index contributed by atoms with van der Waals surface area (Å²) in [7, 11) is -1.14. The first kappa shape index (κ1) is 14.3. The molecule has 1 fully saturated rings. The number of nitrogens with two attached hydrogens (primary N) is 1. The van der Waals surface area contributed by atoms with Crippen LogP contribution in [0.15, 0.2) is 23.1 Å². The summed E-state index contributed by atoms with van der Waals surface area (Å²) < 4.78 is 23.4. The van der Waals surface area contributed by atoms with Crippen molar-refractivity contribution < 1.29 is 13.7 Å². The Hall–Kier alpha value is -1.07. The van der Waals surface area contributed by atoms with Gasteiger partial charge in [-0.1, -0.05) is 0 Å². The highest BCUT2D eigenvalue weighted by molar-refractivity contribution is 7.85. The van der Waals surface area contributed by atoms with E-state index in [4.69, 9.17) is 15.2 Å². The van der Waals surface area contributed by atoms with Crippen LogP contribution in [0, 0.1) is 0 Å². The molecule has 1 heterocycles. The molecule has 0 saturated carbocycles. The molecule has 0 bridgehead atoms. The molecule has 19 heavy (non-hydrogen) atoms. The van der Waals surface area contributed by atoms with Gasteiger partial charge in [-0.15, -0.1) is 0 Å². The van der Waals surface area contributed by atoms with E-state index in [-0.39, 0.29) is 6.10 Å². The summed E-state index contributed by atoms with van der Waals surface area (Å²) in [5.41, 5.74) is 6.46. The van der Waals surface area contributed by atoms with Gasteiger partial charge in [0.2, 0.25) is 0 Å². The highest BCUT2D eigenvalue weighted by Gasteiger charge is 2.19. The molecule has 106 valence electrons. The van der Waals surface area contributed by atoms with Gasteiger partial charge in [0.05, 0.1) is 34.2 Å². The normalized spacial score (nSPS) is 21.0. The molecule has 2 N–H and O–H groups in total. The second kappa shape index (κ2) is 6.91. The van der Waals surface area contributed by atoms with Crippen LogP contribution in [-0.2, 0) is 15.5 Å². The first-order valence-electron chi connectivity index (χ1n) is 6.73. The standard InChI is InChI=1S/C14H21NO3S/c1-2-17-11-6-7-13(15)14(9-11)19(16)10-12-5-3-4-8-18-12/h6-7,9,12H,2-5,8,10,15H2,1H3. The Morgan fingerprint density at radius 1 is 1.47 bits per heavy atom. The zero-order valence-corrected chi connectivity index (χ0v) is 12.1. The Morgan fingerprint density at radius 2 is 2.32 bits per heavy atom. The lowest BCUT2D eigenvalue weighted by molar-refractivity contribution is 0.0310. The van der Waals surface area contributed by atoms with E-state index >= 15 is 0 Å². The van der Waals surface area contributed by atoms with Crippen molar-refractivity contribution in [2.24, 2.45) is 0 Å². The first-order valence-corrected chi connectivity index (χ1v) is 8.05. The Balaban J connectivity index is 2.06. The Labute approximate surface area is 116 Å². The molecule has 1 saturated heterocycles. The van der Waals surface area contributed by atoms with Gasteiger partial charge >= 0.3 is 0 Å². The molecule has 2 rings (SSSR count). The van der Waals surface area contributed by atoms with E-state index in [1.165, 1.54) is 0 Å². The molecule has 0 aromatic heterocycles. The largest absolute Gasteiger partial charge is 0.494 e. The van der Waals surface area contributed by atoms with Crippen molar-refractivity contribution in [1.29, 1.82) is 0 Å². The minimum atomic E-state index is -1.14. The lowest BCUT2D eigenvalue weighted by atomic mass is 10.1. The van der Waals surface area contributed by atoms with E-state index in [1.54, 1.807) is 18.2 Å². The van der Waals surface area contributed by atoms with Crippen molar-refractivity contribution in [3.05, 3.63) is 18.2 Å². The van der Waals surface area contributed by atoms with Gasteiger partial charge in [-0.25, -0.2) is 0 Å². The van der Waals surface area contributed by atoms with Gasteiger partial charge in [-0.05, 0) is 44.4 Å². The molecule has 1 aromatic carbocycles. The fraction of sp³-hybridized carbons (Fsp3) is 0.571. The predicted molar refractivity (Wildman–Crippen MR) is 76.9 cm³/mol. The van der Waals surface area contributed by atoms with E-state index in [0.29, 0.717) is 28.7 Å². The molecule has 0 aliphatic carbocycles. The minimum absolute atomic E-state index is 0.0877. The third-order valence-corrected chi connectivity index (χ3v) is 4.67. The average molecular weight is 283 g/mol. The Bertz CT molecular complexity index is 444. The van der Waals surface area contributed by atoms with Crippen molar-refractivity contribution in [3.63, 3.8) is 0 Å². The van der Waals surface area contributed by atoms with E-state index in [2.05, 4.69) is 0 Å². The second-order valence-electron chi connectivity index (χ2n) is 4.63. The van der Waals surface area contributed by atoms with E-state index < -0.39 is 10.8 Å². The predicted octanol–water partition coefficient (Wildman–Crippen LogP) is 2.34. The van der Waals surface area contributed by atoms with Gasteiger partial charge in [0, 0.05) is 12.3 Å². The number of anilines is 1. The van der Waals surface area contributed by atoms with Crippen LogP contribution in [0.4, 0.5) is 5.69 Å². The smallest absolute Gasteiger partial charge is 0.120 e. The van der Waals surface area contributed by atoms with Gasteiger partial charge in [0.1, 0.15) is 5.75 Å². The maximum absolute atomic E-state index is 12.4. The fourth-order valence-electron chi connectivity index (χ4n) is 2.17. The molecule has 1 aliphatic rings. The number of ether oxygens (including phenoxy) is 2. The van der Waals surface area contributed by atoms with Gasteiger partial charge in [-0.2, -0.15) is 0 Å². The lowest BCUT2D eigenvalue weighted by Gasteiger charge is -2.22. The third kappa shape index (κ3) is 3.94. The van der Waals surface area contributed by atoms with E-state index in [9.17, 15) is 4.21 Å². The van der Waals surface area contributed by atoms with Crippen LogP contribution >= 0.6 is 0 Å². The maximum Gasteiger partial charge on any atom is 0.120 e. The SMILES string of the molecule is CCOc1ccc(N)c(S(=O)CC2CCCCO2)c1. The summed E-state index contributed by atoms with van der Waals surface area (Å²) in [4.78, 5) is 0.653. The number of hydrogen-bond donors (Lipinski definition) is 1. The van der Waals surface area contributed by atoms with Crippen molar-refractivity contribution in [3.8, 4) is 5.75 Å². The molecule has 0 amide bonds. The quantitative estimate of drug-likeness (QED) is 0.843. The monoisotopic (exact) mass is 283 g/mol. The van der Waals surface area contributed by atoms with Crippen LogP contribution in [0.1, 0.15) is 26.2 Å². The van der Waals surface area contributed by atoms with Gasteiger partial charge < -0.3 is 15.2 Å². The minimum Gasteiger partial charge on any atom is -0.494 e. The molecular weight excluding hydrogens is 262 g/mol. The number of nitrogen functional groups attached to an aromatic ring is 1. The number of rotatable bonds is 5. The number of benzene rings is 1. The molecule has 1 aliphatic heterocycles. The highest BCUT2D eigenvalue weighted by Crippen LogP contribution is 2.25. The number of hydrogen-bond acceptors (Lipinski definition) is 4. The molecular formula is C14H21NO3S. The van der Waals surface area contributed by atoms with Crippen LogP contribution in [0.3, 0.4) is 0 Å². The zero-order valence-electron chi connectivity index (χ0n) is 11.3. The summed E-state index contributed by atoms with van der Waals surface area (Å²) >= 11 is 0. The zero-order chi connectivity index (χ0) is 13.7.